The van der Waals surface area contributed by atoms with Crippen molar-refractivity contribution in [2.24, 2.45) is 0 Å². The molecule has 0 spiro atoms. The minimum absolute atomic E-state index is 0.604. The van der Waals surface area contributed by atoms with Gasteiger partial charge in [-0.1, -0.05) is 70.0 Å². The summed E-state index contributed by atoms with van der Waals surface area (Å²) in [7, 11) is 0. The number of hydrogen-bond acceptors (Lipinski definition) is 0. The highest BCUT2D eigenvalue weighted by Crippen LogP contribution is 2.30. The van der Waals surface area contributed by atoms with Gasteiger partial charge in [-0.3, -0.25) is 0 Å². The Morgan fingerprint density at radius 3 is 2.44 bits per heavy atom. The molecule has 18 heavy (non-hydrogen) atoms. The van der Waals surface area contributed by atoms with Crippen molar-refractivity contribution in [3.63, 3.8) is 0 Å². The van der Waals surface area contributed by atoms with Crippen LogP contribution in [0.25, 0.3) is 10.8 Å². The van der Waals surface area contributed by atoms with Crippen molar-refractivity contribution in [2.45, 2.75) is 52.4 Å². The molecule has 0 amide bonds. The molecular formula is C18H24. The van der Waals surface area contributed by atoms with Crippen LogP contribution in [0.1, 0.15) is 57.1 Å². The number of unbranched alkanes of at least 4 members (excludes halogenated alkanes) is 2. The average Bonchev–Trinajstić information content (AvgIpc) is 2.38. The molecular weight excluding hydrogens is 216 g/mol. The fourth-order valence-corrected chi connectivity index (χ4v) is 2.81. The van der Waals surface area contributed by atoms with E-state index in [-0.39, 0.29) is 0 Å². The molecule has 2 rings (SSSR count). The summed E-state index contributed by atoms with van der Waals surface area (Å²) in [5.41, 5.74) is 3.11. The largest absolute Gasteiger partial charge is 0.0654 e. The monoisotopic (exact) mass is 240 g/mol. The number of rotatable bonds is 5. The molecule has 0 heteroatoms. The lowest BCUT2D eigenvalue weighted by Gasteiger charge is -2.16. The molecule has 0 fully saturated rings. The van der Waals surface area contributed by atoms with E-state index in [1.807, 2.05) is 0 Å². The van der Waals surface area contributed by atoms with E-state index in [4.69, 9.17) is 0 Å². The van der Waals surface area contributed by atoms with Gasteiger partial charge in [0.1, 0.15) is 0 Å². The van der Waals surface area contributed by atoms with E-state index >= 15 is 0 Å². The van der Waals surface area contributed by atoms with Crippen molar-refractivity contribution in [1.82, 2.24) is 0 Å². The van der Waals surface area contributed by atoms with Gasteiger partial charge in [0.25, 0.3) is 0 Å². The first-order valence-corrected chi connectivity index (χ1v) is 7.24. The third-order valence-electron chi connectivity index (χ3n) is 3.69. The molecule has 0 aliphatic rings. The Morgan fingerprint density at radius 2 is 1.72 bits per heavy atom. The standard InChI is InChI=1S/C18H24/c1-4-5-6-10-16-13-12-15-9-7-8-11-17(15)18(16)14(2)3/h7-9,11-14H,4-6,10H2,1-3H3. The van der Waals surface area contributed by atoms with Gasteiger partial charge in [0.05, 0.1) is 0 Å². The zero-order valence-electron chi connectivity index (χ0n) is 11.9. The molecule has 0 aromatic heterocycles. The van der Waals surface area contributed by atoms with Crippen LogP contribution in [0.15, 0.2) is 36.4 Å². The zero-order chi connectivity index (χ0) is 13.0. The summed E-state index contributed by atoms with van der Waals surface area (Å²) in [6.45, 7) is 6.89. The van der Waals surface area contributed by atoms with Gasteiger partial charge < -0.3 is 0 Å². The van der Waals surface area contributed by atoms with Crippen molar-refractivity contribution in [3.8, 4) is 0 Å². The van der Waals surface area contributed by atoms with Crippen molar-refractivity contribution in [3.05, 3.63) is 47.5 Å². The molecule has 2 aromatic rings. The lowest BCUT2D eigenvalue weighted by Crippen LogP contribution is -1.98. The van der Waals surface area contributed by atoms with E-state index in [9.17, 15) is 0 Å². The normalized spacial score (nSPS) is 11.3. The first kappa shape index (κ1) is 13.1. The highest BCUT2D eigenvalue weighted by molar-refractivity contribution is 5.87. The minimum Gasteiger partial charge on any atom is -0.0654 e. The van der Waals surface area contributed by atoms with Crippen molar-refractivity contribution >= 4 is 10.8 Å². The average molecular weight is 240 g/mol. The van der Waals surface area contributed by atoms with Gasteiger partial charge in [-0.15, -0.1) is 0 Å². The lowest BCUT2D eigenvalue weighted by molar-refractivity contribution is 0.709. The minimum atomic E-state index is 0.604. The van der Waals surface area contributed by atoms with Gasteiger partial charge in [-0.2, -0.15) is 0 Å². The molecule has 0 unspecified atom stereocenters. The Kier molecular flexibility index (Phi) is 4.41. The van der Waals surface area contributed by atoms with E-state index in [0.29, 0.717) is 5.92 Å². The maximum atomic E-state index is 2.34. The highest BCUT2D eigenvalue weighted by Gasteiger charge is 2.10. The highest BCUT2D eigenvalue weighted by atomic mass is 14.1. The summed E-state index contributed by atoms with van der Waals surface area (Å²) in [6, 6.07) is 13.4. The fraction of sp³-hybridized carbons (Fsp3) is 0.444. The quantitative estimate of drug-likeness (QED) is 0.588. The first-order chi connectivity index (χ1) is 8.74. The second kappa shape index (κ2) is 6.04. The number of hydrogen-bond donors (Lipinski definition) is 0. The van der Waals surface area contributed by atoms with Crippen LogP contribution < -0.4 is 0 Å². The molecule has 0 aliphatic heterocycles. The first-order valence-electron chi connectivity index (χ1n) is 7.24. The summed E-state index contributed by atoms with van der Waals surface area (Å²) in [6.07, 6.45) is 5.18. The SMILES string of the molecule is CCCCCc1ccc2ccccc2c1C(C)C. The molecule has 0 nitrogen and oxygen atoms in total. The van der Waals surface area contributed by atoms with Crippen molar-refractivity contribution in [2.75, 3.05) is 0 Å². The number of benzene rings is 2. The molecule has 2 aromatic carbocycles. The Morgan fingerprint density at radius 1 is 0.944 bits per heavy atom. The van der Waals surface area contributed by atoms with Gasteiger partial charge >= 0.3 is 0 Å². The van der Waals surface area contributed by atoms with Gasteiger partial charge in [0.15, 0.2) is 0 Å². The zero-order valence-corrected chi connectivity index (χ0v) is 11.9. The van der Waals surface area contributed by atoms with Crippen LogP contribution in [0.3, 0.4) is 0 Å². The second-order valence-corrected chi connectivity index (χ2v) is 5.47. The molecule has 0 aliphatic carbocycles. The van der Waals surface area contributed by atoms with Crippen LogP contribution in [0.5, 0.6) is 0 Å². The summed E-state index contributed by atoms with van der Waals surface area (Å²) in [4.78, 5) is 0. The Hall–Kier alpha value is -1.30. The molecule has 0 saturated heterocycles. The third-order valence-corrected chi connectivity index (χ3v) is 3.69. The van der Waals surface area contributed by atoms with Gasteiger partial charge in [0, 0.05) is 0 Å². The predicted octanol–water partition coefficient (Wildman–Crippen LogP) is 5.70. The van der Waals surface area contributed by atoms with Crippen LogP contribution in [0, 0.1) is 0 Å². The molecule has 0 saturated carbocycles. The molecule has 0 N–H and O–H groups in total. The van der Waals surface area contributed by atoms with Crippen LogP contribution in [-0.4, -0.2) is 0 Å². The fourth-order valence-electron chi connectivity index (χ4n) is 2.81. The summed E-state index contributed by atoms with van der Waals surface area (Å²) in [5, 5.41) is 2.82. The Bertz CT molecular complexity index is 508. The third kappa shape index (κ3) is 2.75. The number of aryl methyl sites for hydroxylation is 1. The van der Waals surface area contributed by atoms with E-state index in [2.05, 4.69) is 57.2 Å². The van der Waals surface area contributed by atoms with Gasteiger partial charge in [0.2, 0.25) is 0 Å². The molecule has 0 atom stereocenters. The molecule has 96 valence electrons. The molecule has 0 heterocycles. The predicted molar refractivity (Wildman–Crippen MR) is 81.3 cm³/mol. The van der Waals surface area contributed by atoms with Crippen LogP contribution >= 0.6 is 0 Å². The van der Waals surface area contributed by atoms with Crippen molar-refractivity contribution < 1.29 is 0 Å². The smallest absolute Gasteiger partial charge is 0.0147 e. The van der Waals surface area contributed by atoms with Crippen LogP contribution in [0.4, 0.5) is 0 Å². The maximum absolute atomic E-state index is 2.34. The van der Waals surface area contributed by atoms with E-state index in [0.717, 1.165) is 0 Å². The molecule has 0 bridgehead atoms. The second-order valence-electron chi connectivity index (χ2n) is 5.47. The molecule has 0 radical (unpaired) electrons. The van der Waals surface area contributed by atoms with E-state index in [1.54, 1.807) is 11.1 Å². The lowest BCUT2D eigenvalue weighted by atomic mass is 9.89. The number of fused-ring (bicyclic) bond motifs is 1. The van der Waals surface area contributed by atoms with E-state index in [1.165, 1.54) is 36.5 Å². The van der Waals surface area contributed by atoms with Crippen LogP contribution in [0.2, 0.25) is 0 Å². The summed E-state index contributed by atoms with van der Waals surface area (Å²) < 4.78 is 0. The summed E-state index contributed by atoms with van der Waals surface area (Å²) >= 11 is 0. The van der Waals surface area contributed by atoms with Crippen LogP contribution in [-0.2, 0) is 6.42 Å². The van der Waals surface area contributed by atoms with Crippen molar-refractivity contribution in [1.29, 1.82) is 0 Å². The van der Waals surface area contributed by atoms with Gasteiger partial charge in [-0.25, -0.2) is 0 Å². The van der Waals surface area contributed by atoms with Gasteiger partial charge in [-0.05, 0) is 40.7 Å². The van der Waals surface area contributed by atoms with E-state index < -0.39 is 0 Å². The Labute approximate surface area is 111 Å². The Balaban J connectivity index is 2.42. The topological polar surface area (TPSA) is 0 Å². The maximum Gasteiger partial charge on any atom is -0.0147 e. The summed E-state index contributed by atoms with van der Waals surface area (Å²) in [5.74, 6) is 0.604.